The molecule has 4 heteroatoms. The maximum atomic E-state index is 12.0. The number of rotatable bonds is 2. The molecule has 0 N–H and O–H groups in total. The van der Waals surface area contributed by atoms with E-state index >= 15 is 0 Å². The number of hydrogen-bond donors (Lipinski definition) is 0. The van der Waals surface area contributed by atoms with Crippen LogP contribution in [0.2, 0.25) is 0 Å². The Balaban J connectivity index is 1.93. The van der Waals surface area contributed by atoms with Gasteiger partial charge in [0.2, 0.25) is 0 Å². The molecule has 1 heterocycles. The zero-order chi connectivity index (χ0) is 17.0. The van der Waals surface area contributed by atoms with Crippen LogP contribution in [0.15, 0.2) is 24.3 Å². The molecule has 1 unspecified atom stereocenters. The fourth-order valence-electron chi connectivity index (χ4n) is 3.61. The van der Waals surface area contributed by atoms with E-state index in [4.69, 9.17) is 10.00 Å². The molecule has 0 bridgehead atoms. The van der Waals surface area contributed by atoms with Crippen molar-refractivity contribution in [3.63, 3.8) is 0 Å². The second kappa shape index (κ2) is 6.89. The van der Waals surface area contributed by atoms with E-state index in [1.165, 1.54) is 0 Å². The van der Waals surface area contributed by atoms with E-state index in [0.717, 1.165) is 36.8 Å². The average Bonchev–Trinajstić information content (AvgIpc) is 3.08. The number of esters is 1. The van der Waals surface area contributed by atoms with Crippen LogP contribution in [0.5, 0.6) is 0 Å². The van der Waals surface area contributed by atoms with E-state index in [1.807, 2.05) is 24.3 Å². The van der Waals surface area contributed by atoms with Gasteiger partial charge in [0.25, 0.3) is 0 Å². The quantitative estimate of drug-likeness (QED) is 0.477. The van der Waals surface area contributed by atoms with Gasteiger partial charge in [0.15, 0.2) is 5.60 Å². The molecule has 1 aromatic carbocycles. The fraction of sp³-hybridized carbons (Fsp3) is 0.450. The zero-order valence-electron chi connectivity index (χ0n) is 13.5. The van der Waals surface area contributed by atoms with Crippen LogP contribution in [0.1, 0.15) is 49.7 Å². The third-order valence-electron chi connectivity index (χ3n) is 4.74. The first kappa shape index (κ1) is 16.3. The predicted molar refractivity (Wildman–Crippen MR) is 87.7 cm³/mol. The van der Waals surface area contributed by atoms with Gasteiger partial charge in [0, 0.05) is 11.5 Å². The smallest absolute Gasteiger partial charge is 0.314 e. The third-order valence-corrected chi connectivity index (χ3v) is 4.74. The van der Waals surface area contributed by atoms with Crippen molar-refractivity contribution < 1.29 is 14.3 Å². The van der Waals surface area contributed by atoms with Crippen molar-refractivity contribution in [2.45, 2.75) is 50.5 Å². The van der Waals surface area contributed by atoms with Gasteiger partial charge in [-0.2, -0.15) is 5.26 Å². The molecular formula is C20H19NO3. The summed E-state index contributed by atoms with van der Waals surface area (Å²) >= 11 is 0. The summed E-state index contributed by atoms with van der Waals surface area (Å²) < 4.78 is 5.64. The lowest BCUT2D eigenvalue weighted by atomic mass is 9.80. The molecule has 0 amide bonds. The lowest BCUT2D eigenvalue weighted by molar-refractivity contribution is -0.168. The molecule has 4 nitrogen and oxygen atoms in total. The number of ether oxygens (including phenoxy) is 1. The van der Waals surface area contributed by atoms with E-state index < -0.39 is 11.6 Å². The molecule has 1 aromatic rings. The van der Waals surface area contributed by atoms with Gasteiger partial charge in [-0.15, -0.1) is 0 Å². The van der Waals surface area contributed by atoms with Crippen LogP contribution in [0, 0.1) is 29.1 Å². The number of carbonyl (C=O) groups excluding carboxylic acids is 2. The van der Waals surface area contributed by atoms with Gasteiger partial charge in [-0.1, -0.05) is 30.9 Å². The normalized spacial score (nSPS) is 24.0. The SMILES string of the molecule is N#CCc1cccc(C#CC2(C3CCCC3)CC(=O)CC(=O)O2)c1. The number of carbonyl (C=O) groups is 2. The Morgan fingerprint density at radius 2 is 2.04 bits per heavy atom. The number of Topliss-reactive ketones (excluding diaryl/α,β-unsaturated/α-hetero) is 1. The molecule has 1 aliphatic heterocycles. The minimum atomic E-state index is -0.978. The third kappa shape index (κ3) is 3.49. The number of ketones is 1. The van der Waals surface area contributed by atoms with Crippen molar-refractivity contribution >= 4 is 11.8 Å². The highest BCUT2D eigenvalue weighted by atomic mass is 16.6. The Hall–Kier alpha value is -2.59. The van der Waals surface area contributed by atoms with Gasteiger partial charge in [0.05, 0.1) is 18.9 Å². The van der Waals surface area contributed by atoms with Crippen LogP contribution >= 0.6 is 0 Å². The lowest BCUT2D eigenvalue weighted by Gasteiger charge is -2.36. The first-order valence-corrected chi connectivity index (χ1v) is 8.34. The summed E-state index contributed by atoms with van der Waals surface area (Å²) in [6, 6.07) is 9.59. The Labute approximate surface area is 141 Å². The van der Waals surface area contributed by atoms with Crippen molar-refractivity contribution in [2.24, 2.45) is 5.92 Å². The monoisotopic (exact) mass is 321 g/mol. The second-order valence-electron chi connectivity index (χ2n) is 6.52. The highest BCUT2D eigenvalue weighted by Gasteiger charge is 2.47. The van der Waals surface area contributed by atoms with Crippen LogP contribution in [0.4, 0.5) is 0 Å². The van der Waals surface area contributed by atoms with E-state index in [1.54, 1.807) is 0 Å². The Morgan fingerprint density at radius 1 is 1.25 bits per heavy atom. The Morgan fingerprint density at radius 3 is 2.75 bits per heavy atom. The van der Waals surface area contributed by atoms with Crippen LogP contribution in [-0.4, -0.2) is 17.4 Å². The standard InChI is InChI=1S/C20H19NO3/c21-11-9-16-5-3-4-15(12-16)8-10-20(17-6-1-2-7-17)14-18(22)13-19(23)24-20/h3-5,12,17H,1-2,6-7,9,13-14H2. The highest BCUT2D eigenvalue weighted by Crippen LogP contribution is 2.40. The zero-order valence-corrected chi connectivity index (χ0v) is 13.5. The molecule has 1 saturated heterocycles. The number of nitriles is 1. The summed E-state index contributed by atoms with van der Waals surface area (Å²) in [5.74, 6) is 5.78. The van der Waals surface area contributed by atoms with E-state index in [2.05, 4.69) is 17.9 Å². The van der Waals surface area contributed by atoms with Gasteiger partial charge in [-0.25, -0.2) is 0 Å². The van der Waals surface area contributed by atoms with E-state index in [0.29, 0.717) is 6.42 Å². The van der Waals surface area contributed by atoms with Crippen LogP contribution in [0.25, 0.3) is 0 Å². The second-order valence-corrected chi connectivity index (χ2v) is 6.52. The minimum absolute atomic E-state index is 0.0920. The van der Waals surface area contributed by atoms with Gasteiger partial charge in [0.1, 0.15) is 12.2 Å². The maximum absolute atomic E-state index is 12.0. The first-order valence-electron chi connectivity index (χ1n) is 8.34. The Bertz CT molecular complexity index is 741. The molecule has 0 radical (unpaired) electrons. The molecule has 122 valence electrons. The average molecular weight is 321 g/mol. The highest BCUT2D eigenvalue weighted by molar-refractivity contribution is 5.98. The number of benzene rings is 1. The molecule has 2 fully saturated rings. The van der Waals surface area contributed by atoms with Crippen molar-refractivity contribution in [1.82, 2.24) is 0 Å². The molecule has 3 rings (SSSR count). The van der Waals surface area contributed by atoms with E-state index in [-0.39, 0.29) is 24.5 Å². The summed E-state index contributed by atoms with van der Waals surface area (Å²) in [7, 11) is 0. The molecule has 0 spiro atoms. The molecule has 1 saturated carbocycles. The molecular weight excluding hydrogens is 302 g/mol. The van der Waals surface area contributed by atoms with Crippen molar-refractivity contribution in [3.05, 3.63) is 35.4 Å². The van der Waals surface area contributed by atoms with Crippen molar-refractivity contribution in [1.29, 1.82) is 5.26 Å². The molecule has 1 atom stereocenters. The topological polar surface area (TPSA) is 67.2 Å². The lowest BCUT2D eigenvalue weighted by Crippen LogP contribution is -2.46. The van der Waals surface area contributed by atoms with E-state index in [9.17, 15) is 9.59 Å². The molecule has 2 aliphatic rings. The van der Waals surface area contributed by atoms with Gasteiger partial charge < -0.3 is 4.74 Å². The fourth-order valence-corrected chi connectivity index (χ4v) is 3.61. The van der Waals surface area contributed by atoms with Gasteiger partial charge in [-0.05, 0) is 36.5 Å². The summed E-state index contributed by atoms with van der Waals surface area (Å²) in [5.41, 5.74) is 0.693. The molecule has 24 heavy (non-hydrogen) atoms. The largest absolute Gasteiger partial charge is 0.445 e. The van der Waals surface area contributed by atoms with Gasteiger partial charge in [-0.3, -0.25) is 9.59 Å². The molecule has 1 aliphatic carbocycles. The number of cyclic esters (lactones) is 1. The van der Waals surface area contributed by atoms with Crippen LogP contribution in [0.3, 0.4) is 0 Å². The summed E-state index contributed by atoms with van der Waals surface area (Å²) in [4.78, 5) is 23.8. The molecule has 0 aromatic heterocycles. The Kier molecular flexibility index (Phi) is 4.67. The van der Waals surface area contributed by atoms with Gasteiger partial charge >= 0.3 is 5.97 Å². The summed E-state index contributed by atoms with van der Waals surface area (Å²) in [5, 5.41) is 8.81. The first-order chi connectivity index (χ1) is 11.6. The van der Waals surface area contributed by atoms with Crippen LogP contribution in [-0.2, 0) is 20.7 Å². The van der Waals surface area contributed by atoms with Crippen molar-refractivity contribution in [3.8, 4) is 17.9 Å². The predicted octanol–water partition coefficient (Wildman–Crippen LogP) is 2.94. The van der Waals surface area contributed by atoms with Crippen LogP contribution < -0.4 is 0 Å². The maximum Gasteiger partial charge on any atom is 0.314 e. The minimum Gasteiger partial charge on any atom is -0.445 e. The van der Waals surface area contributed by atoms with Crippen molar-refractivity contribution in [2.75, 3.05) is 0 Å². The summed E-state index contributed by atoms with van der Waals surface area (Å²) in [6.07, 6.45) is 4.40. The number of hydrogen-bond acceptors (Lipinski definition) is 4. The summed E-state index contributed by atoms with van der Waals surface area (Å²) in [6.45, 7) is 0. The number of nitrogens with zero attached hydrogens (tertiary/aromatic N) is 1.